The molecule has 0 spiro atoms. The van der Waals surface area contributed by atoms with E-state index in [-0.39, 0.29) is 23.7 Å². The molecule has 0 amide bonds. The summed E-state index contributed by atoms with van der Waals surface area (Å²) < 4.78 is 5.42. The molecule has 3 atom stereocenters. The molecule has 0 aromatic carbocycles. The van der Waals surface area contributed by atoms with E-state index in [9.17, 15) is 9.90 Å². The number of fused-ring (bicyclic) bond motifs is 3. The summed E-state index contributed by atoms with van der Waals surface area (Å²) in [6.07, 6.45) is 2.44. The maximum atomic E-state index is 12.0. The predicted octanol–water partition coefficient (Wildman–Crippen LogP) is 1.38. The summed E-state index contributed by atoms with van der Waals surface area (Å²) in [7, 11) is 0. The number of hydrogen-bond donors (Lipinski definition) is 0. The van der Waals surface area contributed by atoms with Gasteiger partial charge in [-0.1, -0.05) is 0 Å². The molecule has 1 saturated carbocycles. The summed E-state index contributed by atoms with van der Waals surface area (Å²) in [5, 5.41) is 11.2. The van der Waals surface area contributed by atoms with Gasteiger partial charge in [-0.2, -0.15) is 0 Å². The molecule has 1 aromatic rings. The zero-order chi connectivity index (χ0) is 13.1. The van der Waals surface area contributed by atoms with E-state index in [2.05, 4.69) is 4.98 Å². The number of ether oxygens (including phenoxy) is 1. The Morgan fingerprint density at radius 1 is 1.50 bits per heavy atom. The molecule has 0 unspecified atom stereocenters. The Bertz CT molecular complexity index is 518. The molecular weight excluding hydrogens is 230 g/mol. The van der Waals surface area contributed by atoms with Gasteiger partial charge in [0.2, 0.25) is 0 Å². The maximum absolute atomic E-state index is 12.0. The van der Waals surface area contributed by atoms with Crippen molar-refractivity contribution < 1.29 is 14.6 Å². The molecule has 2 aliphatic carbocycles. The van der Waals surface area contributed by atoms with Crippen LogP contribution >= 0.6 is 0 Å². The lowest BCUT2D eigenvalue weighted by Crippen LogP contribution is -2.26. The van der Waals surface area contributed by atoms with Crippen molar-refractivity contribution in [1.82, 2.24) is 4.98 Å². The summed E-state index contributed by atoms with van der Waals surface area (Å²) in [5.74, 6) is 0.204. The molecule has 0 radical (unpaired) electrons. The average molecular weight is 246 g/mol. The minimum atomic E-state index is -0.437. The first-order chi connectivity index (χ1) is 8.37. The Labute approximate surface area is 106 Å². The molecular formula is C14H16NO3-. The molecule has 0 aliphatic heterocycles. The second-order valence-electron chi connectivity index (χ2n) is 6.17. The Kier molecular flexibility index (Phi) is 2.22. The van der Waals surface area contributed by atoms with Gasteiger partial charge >= 0.3 is 5.97 Å². The molecule has 18 heavy (non-hydrogen) atoms. The fourth-order valence-corrected chi connectivity index (χ4v) is 2.96. The van der Waals surface area contributed by atoms with Crippen molar-refractivity contribution in [3.8, 4) is 5.88 Å². The van der Waals surface area contributed by atoms with Gasteiger partial charge in [0.1, 0.15) is 5.60 Å². The molecule has 0 bridgehead atoms. The highest BCUT2D eigenvalue weighted by Gasteiger charge is 2.60. The van der Waals surface area contributed by atoms with Crippen molar-refractivity contribution in [3.63, 3.8) is 0 Å². The van der Waals surface area contributed by atoms with E-state index in [0.29, 0.717) is 5.92 Å². The Morgan fingerprint density at radius 2 is 2.22 bits per heavy atom. The van der Waals surface area contributed by atoms with Crippen LogP contribution in [0.5, 0.6) is 5.88 Å². The smallest absolute Gasteiger partial charge is 0.310 e. The van der Waals surface area contributed by atoms with Gasteiger partial charge in [0.05, 0.1) is 5.92 Å². The van der Waals surface area contributed by atoms with Crippen LogP contribution in [0.3, 0.4) is 0 Å². The maximum Gasteiger partial charge on any atom is 0.310 e. The summed E-state index contributed by atoms with van der Waals surface area (Å²) in [6, 6.07) is 1.59. The van der Waals surface area contributed by atoms with Gasteiger partial charge in [-0.25, -0.2) is 0 Å². The van der Waals surface area contributed by atoms with E-state index in [4.69, 9.17) is 4.74 Å². The van der Waals surface area contributed by atoms with Crippen molar-refractivity contribution >= 4 is 5.97 Å². The van der Waals surface area contributed by atoms with Crippen molar-refractivity contribution in [2.24, 2.45) is 11.8 Å². The van der Waals surface area contributed by atoms with Gasteiger partial charge in [-0.05, 0) is 56.2 Å². The second-order valence-corrected chi connectivity index (χ2v) is 6.17. The Hall–Kier alpha value is -1.58. The highest BCUT2D eigenvalue weighted by Crippen LogP contribution is 2.62. The van der Waals surface area contributed by atoms with E-state index < -0.39 is 5.60 Å². The van der Waals surface area contributed by atoms with Crippen LogP contribution in [-0.4, -0.2) is 16.6 Å². The normalized spacial score (nSPS) is 28.5. The van der Waals surface area contributed by atoms with Crippen LogP contribution in [0.15, 0.2) is 12.3 Å². The monoisotopic (exact) mass is 246 g/mol. The van der Waals surface area contributed by atoms with E-state index in [1.165, 1.54) is 0 Å². The molecule has 3 rings (SSSR count). The second kappa shape index (κ2) is 3.46. The van der Waals surface area contributed by atoms with Crippen LogP contribution in [0, 0.1) is 11.8 Å². The van der Waals surface area contributed by atoms with Gasteiger partial charge in [-0.3, -0.25) is 9.78 Å². The lowest BCUT2D eigenvalue weighted by Gasteiger charge is -2.20. The zero-order valence-electron chi connectivity index (χ0n) is 10.8. The molecule has 96 valence electrons. The van der Waals surface area contributed by atoms with Crippen LogP contribution < -0.4 is 5.11 Å². The van der Waals surface area contributed by atoms with Crippen LogP contribution in [0.4, 0.5) is 0 Å². The van der Waals surface area contributed by atoms with Gasteiger partial charge in [-0.15, -0.1) is 0 Å². The van der Waals surface area contributed by atoms with Crippen LogP contribution in [-0.2, 0) is 16.0 Å². The highest BCUT2D eigenvalue weighted by molar-refractivity contribution is 5.80. The Balaban J connectivity index is 1.76. The van der Waals surface area contributed by atoms with Crippen LogP contribution in [0.25, 0.3) is 0 Å². The fraction of sp³-hybridized carbons (Fsp3) is 0.571. The summed E-state index contributed by atoms with van der Waals surface area (Å²) in [6.45, 7) is 5.63. The number of carbonyl (C=O) groups excluding carboxylic acids is 1. The summed E-state index contributed by atoms with van der Waals surface area (Å²) >= 11 is 0. The summed E-state index contributed by atoms with van der Waals surface area (Å²) in [4.78, 5) is 15.8. The van der Waals surface area contributed by atoms with Gasteiger partial charge < -0.3 is 9.84 Å². The lowest BCUT2D eigenvalue weighted by atomic mass is 10.0. The van der Waals surface area contributed by atoms with Crippen LogP contribution in [0.2, 0.25) is 0 Å². The zero-order valence-corrected chi connectivity index (χ0v) is 10.8. The highest BCUT2D eigenvalue weighted by atomic mass is 16.6. The molecule has 0 N–H and O–H groups in total. The number of carbonyl (C=O) groups is 1. The third-order valence-electron chi connectivity index (χ3n) is 3.66. The van der Waals surface area contributed by atoms with Gasteiger partial charge in [0.25, 0.3) is 0 Å². The van der Waals surface area contributed by atoms with E-state index in [1.54, 1.807) is 12.3 Å². The molecule has 1 heterocycles. The van der Waals surface area contributed by atoms with Crippen molar-refractivity contribution in [2.75, 3.05) is 0 Å². The number of nitrogens with zero attached hydrogens (tertiary/aromatic N) is 1. The number of rotatable bonds is 1. The van der Waals surface area contributed by atoms with Gasteiger partial charge in [0, 0.05) is 12.1 Å². The third-order valence-corrected chi connectivity index (χ3v) is 3.66. The molecule has 1 aromatic heterocycles. The fourth-order valence-electron chi connectivity index (χ4n) is 2.96. The summed E-state index contributed by atoms with van der Waals surface area (Å²) in [5.41, 5.74) is 1.69. The van der Waals surface area contributed by atoms with Crippen molar-refractivity contribution in [3.05, 3.63) is 23.4 Å². The standard InChI is InChI=1S/C14H17NO3/c1-14(2,3)18-13(17)12-8-4-7-5-10(16)15-6-9(7)11(8)12/h5-6,8,11-12H,4H2,1-3H3,(H,15,16)/p-1/t8-,11-,12+/m1/s1. The topological polar surface area (TPSA) is 62.2 Å². The number of esters is 1. The molecule has 4 nitrogen and oxygen atoms in total. The minimum absolute atomic E-state index is 0.0315. The first-order valence-electron chi connectivity index (χ1n) is 6.25. The number of hydrogen-bond acceptors (Lipinski definition) is 4. The third kappa shape index (κ3) is 1.76. The first kappa shape index (κ1) is 11.5. The van der Waals surface area contributed by atoms with E-state index >= 15 is 0 Å². The molecule has 1 fully saturated rings. The number of pyridine rings is 1. The quantitative estimate of drug-likeness (QED) is 0.702. The molecule has 4 heteroatoms. The SMILES string of the molecule is CC(C)(C)OC(=O)[C@H]1[C@@H]2Cc3cc([O-])ncc3[C@@H]21. The minimum Gasteiger partial charge on any atom is -0.859 e. The Morgan fingerprint density at radius 3 is 2.89 bits per heavy atom. The predicted molar refractivity (Wildman–Crippen MR) is 63.0 cm³/mol. The molecule has 2 aliphatic rings. The largest absolute Gasteiger partial charge is 0.859 e. The van der Waals surface area contributed by atoms with Crippen molar-refractivity contribution in [2.45, 2.75) is 38.7 Å². The van der Waals surface area contributed by atoms with Crippen LogP contribution in [0.1, 0.15) is 37.8 Å². The lowest BCUT2D eigenvalue weighted by molar-refractivity contribution is -0.275. The van der Waals surface area contributed by atoms with Crippen molar-refractivity contribution in [1.29, 1.82) is 0 Å². The van der Waals surface area contributed by atoms with Gasteiger partial charge in [0.15, 0.2) is 0 Å². The average Bonchev–Trinajstić information content (AvgIpc) is 2.80. The van der Waals surface area contributed by atoms with E-state index in [1.807, 2.05) is 20.8 Å². The molecule has 0 saturated heterocycles. The first-order valence-corrected chi connectivity index (χ1v) is 6.25. The number of aromatic nitrogens is 1. The van der Waals surface area contributed by atoms with E-state index in [0.717, 1.165) is 17.5 Å².